The summed E-state index contributed by atoms with van der Waals surface area (Å²) in [5.74, 6) is -0.522. The van der Waals surface area contributed by atoms with Crippen LogP contribution in [-0.4, -0.2) is 15.5 Å². The number of benzene rings is 2. The molecule has 6 nitrogen and oxygen atoms in total. The van der Waals surface area contributed by atoms with Gasteiger partial charge in [-0.15, -0.1) is 0 Å². The fourth-order valence-corrected chi connectivity index (χ4v) is 2.49. The monoisotopic (exact) mass is 340 g/mol. The summed E-state index contributed by atoms with van der Waals surface area (Å²) in [7, 11) is 0. The number of hydrogen-bond donors (Lipinski definition) is 3. The minimum absolute atomic E-state index is 0.176. The van der Waals surface area contributed by atoms with Crippen LogP contribution in [0.4, 0.5) is 0 Å². The summed E-state index contributed by atoms with van der Waals surface area (Å²) in [5, 5.41) is 29.2. The van der Waals surface area contributed by atoms with Gasteiger partial charge in [0.15, 0.2) is 5.75 Å². The van der Waals surface area contributed by atoms with Crippen LogP contribution in [0.1, 0.15) is 11.1 Å². The zero-order valence-corrected chi connectivity index (χ0v) is 13.2. The van der Waals surface area contributed by atoms with E-state index in [-0.39, 0.29) is 34.2 Å². The molecule has 0 bridgehead atoms. The Morgan fingerprint density at radius 3 is 2.68 bits per heavy atom. The molecule has 2 aromatic carbocycles. The predicted molar refractivity (Wildman–Crippen MR) is 92.2 cm³/mol. The predicted octanol–water partition coefficient (Wildman–Crippen LogP) is 4.44. The van der Waals surface area contributed by atoms with Gasteiger partial charge in [0.2, 0.25) is 0 Å². The molecule has 0 spiro atoms. The van der Waals surface area contributed by atoms with Crippen LogP contribution >= 0.6 is 0 Å². The minimum atomic E-state index is -0.359. The highest BCUT2D eigenvalue weighted by Crippen LogP contribution is 2.42. The first-order chi connectivity index (χ1) is 12.1. The zero-order valence-electron chi connectivity index (χ0n) is 13.2. The van der Waals surface area contributed by atoms with Gasteiger partial charge in [-0.1, -0.05) is 42.5 Å². The third kappa shape index (κ3) is 3.44. The number of hydrogen-bond acceptors (Lipinski definition) is 6. The van der Waals surface area contributed by atoms with Crippen LogP contribution < -0.4 is 4.74 Å². The second-order valence-electron chi connectivity index (χ2n) is 5.28. The molecule has 0 atom stereocenters. The molecule has 0 aliphatic heterocycles. The highest BCUT2D eigenvalue weighted by atomic mass is 17.1. The number of ether oxygens (including phenoxy) is 1. The van der Waals surface area contributed by atoms with Gasteiger partial charge in [-0.25, -0.2) is 0 Å². The second-order valence-corrected chi connectivity index (χ2v) is 5.28. The van der Waals surface area contributed by atoms with E-state index >= 15 is 0 Å². The number of furan rings is 1. The molecule has 1 aromatic heterocycles. The van der Waals surface area contributed by atoms with Crippen molar-refractivity contribution in [2.45, 2.75) is 6.42 Å². The van der Waals surface area contributed by atoms with E-state index in [0.717, 1.165) is 11.8 Å². The molecule has 1 heterocycles. The van der Waals surface area contributed by atoms with Crippen LogP contribution in [0, 0.1) is 0 Å². The van der Waals surface area contributed by atoms with E-state index in [1.54, 1.807) is 0 Å². The van der Waals surface area contributed by atoms with E-state index in [1.165, 1.54) is 6.07 Å². The molecule has 0 saturated carbocycles. The minimum Gasteiger partial charge on any atom is -0.507 e. The molecule has 3 N–H and O–H groups in total. The Morgan fingerprint density at radius 1 is 1.20 bits per heavy atom. The Morgan fingerprint density at radius 2 is 1.96 bits per heavy atom. The van der Waals surface area contributed by atoms with Crippen molar-refractivity contribution in [2.75, 3.05) is 0 Å². The Balaban J connectivity index is 1.99. The van der Waals surface area contributed by atoms with Crippen LogP contribution in [0.2, 0.25) is 0 Å². The molecule has 0 saturated heterocycles. The highest BCUT2D eigenvalue weighted by Gasteiger charge is 2.19. The largest absolute Gasteiger partial charge is 0.507 e. The van der Waals surface area contributed by atoms with Crippen molar-refractivity contribution in [3.8, 4) is 17.2 Å². The molecule has 128 valence electrons. The third-order valence-electron chi connectivity index (χ3n) is 3.64. The maximum absolute atomic E-state index is 10.5. The Bertz CT molecular complexity index is 924. The van der Waals surface area contributed by atoms with E-state index in [1.807, 2.05) is 42.5 Å². The molecular formula is C19H16O6. The number of rotatable bonds is 6. The lowest BCUT2D eigenvalue weighted by molar-refractivity contribution is -0.230. The fourth-order valence-electron chi connectivity index (χ4n) is 2.49. The van der Waals surface area contributed by atoms with Crippen molar-refractivity contribution in [2.24, 2.45) is 0 Å². The molecule has 3 rings (SSSR count). The highest BCUT2D eigenvalue weighted by molar-refractivity contribution is 5.92. The normalized spacial score (nSPS) is 11.1. The number of allylic oxidation sites excluding steroid dienone is 1. The molecule has 3 aromatic rings. The molecule has 0 fully saturated rings. The summed E-state index contributed by atoms with van der Waals surface area (Å²) < 4.78 is 10.5. The maximum Gasteiger partial charge on any atom is 0.314 e. The maximum atomic E-state index is 10.5. The van der Waals surface area contributed by atoms with E-state index < -0.39 is 0 Å². The molecule has 0 amide bonds. The van der Waals surface area contributed by atoms with Crippen molar-refractivity contribution in [3.63, 3.8) is 0 Å². The Hall–Kier alpha value is -3.38. The van der Waals surface area contributed by atoms with Gasteiger partial charge < -0.3 is 24.3 Å². The number of fused-ring (bicyclic) bond motifs is 1. The zero-order chi connectivity index (χ0) is 17.8. The molecule has 0 aliphatic carbocycles. The van der Waals surface area contributed by atoms with Crippen molar-refractivity contribution in [1.29, 1.82) is 0 Å². The van der Waals surface area contributed by atoms with Crippen LogP contribution in [0.3, 0.4) is 0 Å². The molecule has 0 radical (unpaired) electrons. The van der Waals surface area contributed by atoms with E-state index in [2.05, 4.69) is 11.5 Å². The van der Waals surface area contributed by atoms with Gasteiger partial charge in [0.1, 0.15) is 28.7 Å². The lowest BCUT2D eigenvalue weighted by atomic mass is 10.0. The van der Waals surface area contributed by atoms with Gasteiger partial charge in [-0.2, -0.15) is 5.26 Å². The van der Waals surface area contributed by atoms with Crippen molar-refractivity contribution < 1.29 is 29.5 Å². The molecule has 25 heavy (non-hydrogen) atoms. The summed E-state index contributed by atoms with van der Waals surface area (Å²) in [6.07, 6.45) is 5.15. The van der Waals surface area contributed by atoms with Crippen LogP contribution in [0.15, 0.2) is 65.7 Å². The Labute approximate surface area is 143 Å². The number of phenolic OH excluding ortho intramolecular Hbond substituents is 1. The second kappa shape index (κ2) is 7.02. The van der Waals surface area contributed by atoms with Crippen molar-refractivity contribution >= 4 is 17.0 Å². The van der Waals surface area contributed by atoms with Crippen LogP contribution in [0.5, 0.6) is 17.2 Å². The average Bonchev–Trinajstić information content (AvgIpc) is 2.99. The van der Waals surface area contributed by atoms with Crippen molar-refractivity contribution in [3.05, 3.63) is 72.4 Å². The average molecular weight is 340 g/mol. The van der Waals surface area contributed by atoms with Gasteiger partial charge >= 0.3 is 5.95 Å². The summed E-state index contributed by atoms with van der Waals surface area (Å²) in [4.78, 5) is 3.94. The smallest absolute Gasteiger partial charge is 0.314 e. The SMILES string of the molecule is C=C(OO)Oc1cc2occ(O)c2c(O)c1CC=Cc1ccccc1. The third-order valence-corrected chi connectivity index (χ3v) is 3.64. The molecule has 0 unspecified atom stereocenters. The molecule has 6 heteroatoms. The van der Waals surface area contributed by atoms with Gasteiger partial charge in [-0.05, 0) is 18.6 Å². The fraction of sp³-hybridized carbons (Fsp3) is 0.0526. The summed E-state index contributed by atoms with van der Waals surface area (Å²) in [5.41, 5.74) is 1.61. The van der Waals surface area contributed by atoms with E-state index in [0.29, 0.717) is 12.0 Å². The number of aromatic hydroxyl groups is 2. The van der Waals surface area contributed by atoms with E-state index in [4.69, 9.17) is 14.4 Å². The summed E-state index contributed by atoms with van der Waals surface area (Å²) in [6, 6.07) is 11.1. The number of phenols is 1. The van der Waals surface area contributed by atoms with Crippen molar-refractivity contribution in [1.82, 2.24) is 0 Å². The summed E-state index contributed by atoms with van der Waals surface area (Å²) >= 11 is 0. The first-order valence-corrected chi connectivity index (χ1v) is 7.45. The van der Waals surface area contributed by atoms with Gasteiger partial charge in [0.25, 0.3) is 0 Å². The molecular weight excluding hydrogens is 324 g/mol. The standard InChI is InChI=1S/C19H16O6/c1-12(25-22)24-16-10-17-18(15(20)11-23-17)19(21)14(16)9-5-8-13-6-3-2-4-7-13/h2-8,10-11,20-22H,1,9H2. The Kier molecular flexibility index (Phi) is 4.63. The van der Waals surface area contributed by atoms with Gasteiger partial charge in [0.05, 0.1) is 0 Å². The topological polar surface area (TPSA) is 92.3 Å². The lowest BCUT2D eigenvalue weighted by Crippen LogP contribution is -1.99. The quantitative estimate of drug-likeness (QED) is 0.349. The lowest BCUT2D eigenvalue weighted by Gasteiger charge is -2.12. The van der Waals surface area contributed by atoms with E-state index in [9.17, 15) is 10.2 Å². The van der Waals surface area contributed by atoms with Crippen LogP contribution in [0.25, 0.3) is 17.0 Å². The van der Waals surface area contributed by atoms with Gasteiger partial charge in [-0.3, -0.25) is 0 Å². The molecule has 0 aliphatic rings. The first-order valence-electron chi connectivity index (χ1n) is 7.45. The van der Waals surface area contributed by atoms with Gasteiger partial charge in [0, 0.05) is 11.6 Å². The van der Waals surface area contributed by atoms with Crippen LogP contribution in [-0.2, 0) is 11.3 Å². The summed E-state index contributed by atoms with van der Waals surface area (Å²) in [6.45, 7) is 3.38. The first kappa shape index (κ1) is 16.5.